The van der Waals surface area contributed by atoms with E-state index in [-0.39, 0.29) is 41.7 Å². The number of halogens is 2. The molecule has 36 heavy (non-hydrogen) atoms. The molecule has 5 rings (SSSR count). The Hall–Kier alpha value is -3.80. The second-order valence-corrected chi connectivity index (χ2v) is 9.19. The normalized spacial score (nSPS) is 24.6. The summed E-state index contributed by atoms with van der Waals surface area (Å²) in [5, 5.41) is 2.49. The van der Waals surface area contributed by atoms with Gasteiger partial charge in [-0.25, -0.2) is 18.6 Å². The molecule has 0 radical (unpaired) electrons. The number of nitrogens with one attached hydrogen (secondary N) is 2. The molecule has 2 aromatic rings. The number of ether oxygens (including phenoxy) is 1. The van der Waals surface area contributed by atoms with Crippen LogP contribution in [-0.2, 0) is 11.4 Å². The molecule has 2 bridgehead atoms. The van der Waals surface area contributed by atoms with Crippen LogP contribution in [0.2, 0.25) is 0 Å². The second kappa shape index (κ2) is 8.70. The molecule has 3 aliphatic rings. The minimum atomic E-state index is -1.06. The van der Waals surface area contributed by atoms with Crippen molar-refractivity contribution in [3.63, 3.8) is 0 Å². The third-order valence-electron chi connectivity index (χ3n) is 6.97. The van der Waals surface area contributed by atoms with Crippen LogP contribution < -0.4 is 21.0 Å². The Kier molecular flexibility index (Phi) is 5.78. The lowest BCUT2D eigenvalue weighted by atomic mass is 9.97. The molecule has 1 saturated heterocycles. The Morgan fingerprint density at radius 2 is 2.14 bits per heavy atom. The van der Waals surface area contributed by atoms with Gasteiger partial charge in [0.05, 0.1) is 7.11 Å². The van der Waals surface area contributed by atoms with Crippen molar-refractivity contribution in [3.8, 4) is 5.75 Å². The van der Waals surface area contributed by atoms with Crippen LogP contribution in [0.1, 0.15) is 59.1 Å². The maximum Gasteiger partial charge on any atom is 0.274 e. The number of pyridine rings is 1. The molecule has 190 valence electrons. The zero-order valence-electron chi connectivity index (χ0n) is 19.9. The molecule has 1 aromatic heterocycles. The first-order chi connectivity index (χ1) is 17.1. The van der Waals surface area contributed by atoms with Crippen LogP contribution >= 0.6 is 0 Å². The fraction of sp³-hybridized carbons (Fsp3) is 0.417. The van der Waals surface area contributed by atoms with Gasteiger partial charge in [-0.05, 0) is 26.3 Å². The van der Waals surface area contributed by atoms with Crippen LogP contribution in [0, 0.1) is 11.6 Å². The average molecular weight is 501 g/mol. The zero-order chi connectivity index (χ0) is 25.8. The summed E-state index contributed by atoms with van der Waals surface area (Å²) in [7, 11) is 1.25. The van der Waals surface area contributed by atoms with E-state index in [1.54, 1.807) is 11.8 Å². The number of amides is 2. The predicted molar refractivity (Wildman–Crippen MR) is 124 cm³/mol. The Balaban J connectivity index is 1.59. The van der Waals surface area contributed by atoms with Crippen molar-refractivity contribution in [1.82, 2.24) is 20.3 Å². The highest BCUT2D eigenvalue weighted by Crippen LogP contribution is 2.43. The number of carbonyl (C=O) groups excluding carboxylic acids is 2. The lowest BCUT2D eigenvalue weighted by Gasteiger charge is -2.41. The topological polar surface area (TPSA) is 114 Å². The number of aromatic nitrogens is 1. The Bertz CT molecular complexity index is 1360. The van der Waals surface area contributed by atoms with Gasteiger partial charge in [0.15, 0.2) is 11.4 Å². The highest BCUT2D eigenvalue weighted by atomic mass is 19.1. The summed E-state index contributed by atoms with van der Waals surface area (Å²) in [6.45, 7) is 3.65. The fourth-order valence-corrected chi connectivity index (χ4v) is 5.06. The van der Waals surface area contributed by atoms with Gasteiger partial charge in [0.25, 0.3) is 11.8 Å². The van der Waals surface area contributed by atoms with E-state index in [0.717, 1.165) is 6.07 Å². The largest absolute Gasteiger partial charge is 0.491 e. The lowest BCUT2D eigenvalue weighted by molar-refractivity contribution is -0.0939. The molecule has 1 aromatic carbocycles. The van der Waals surface area contributed by atoms with Crippen molar-refractivity contribution in [2.24, 2.45) is 4.99 Å². The van der Waals surface area contributed by atoms with Gasteiger partial charge in [-0.2, -0.15) is 0 Å². The standard InChI is InChI=1S/C24H25F2N5O5/c1-12-6-7-24(28-13(2)29-36-24)18-11-30(12)23(34)19-21(35-3)20(32)16(10-31(18)19)22(33)27-9-14-4-5-15(25)8-17(14)26/h4-5,8,10,12,18H,6-7,9,11H2,1-3H3,(H,27,33)(H,28,29). The molecular formula is C24H25F2N5O5. The molecule has 1 fully saturated rings. The molecule has 2 amide bonds. The van der Waals surface area contributed by atoms with Crippen molar-refractivity contribution in [2.45, 2.75) is 51.0 Å². The Morgan fingerprint density at radius 3 is 2.81 bits per heavy atom. The molecule has 3 unspecified atom stereocenters. The molecule has 12 heteroatoms. The van der Waals surface area contributed by atoms with Gasteiger partial charge in [-0.1, -0.05) is 6.07 Å². The summed E-state index contributed by atoms with van der Waals surface area (Å²) in [5.41, 5.74) is 0.719. The number of amidine groups is 1. The second-order valence-electron chi connectivity index (χ2n) is 9.19. The number of hydrogen-bond acceptors (Lipinski definition) is 7. The summed E-state index contributed by atoms with van der Waals surface area (Å²) in [4.78, 5) is 52.1. The molecule has 2 N–H and O–H groups in total. The summed E-state index contributed by atoms with van der Waals surface area (Å²) < 4.78 is 34.1. The van der Waals surface area contributed by atoms with Crippen LogP contribution in [-0.4, -0.2) is 52.5 Å². The third-order valence-corrected chi connectivity index (χ3v) is 6.97. The molecule has 0 saturated carbocycles. The quantitative estimate of drug-likeness (QED) is 0.662. The first-order valence-corrected chi connectivity index (χ1v) is 11.5. The van der Waals surface area contributed by atoms with Crippen molar-refractivity contribution < 1.29 is 27.9 Å². The lowest BCUT2D eigenvalue weighted by Crippen LogP contribution is -2.52. The number of fused-ring (bicyclic) bond motifs is 5. The molecule has 3 atom stereocenters. The summed E-state index contributed by atoms with van der Waals surface area (Å²) in [6, 6.07) is 2.29. The Labute approximate surface area is 204 Å². The zero-order valence-corrected chi connectivity index (χ0v) is 19.9. The van der Waals surface area contributed by atoms with Gasteiger partial charge in [0.1, 0.15) is 29.1 Å². The van der Waals surface area contributed by atoms with Crippen LogP contribution in [0.4, 0.5) is 8.78 Å². The van der Waals surface area contributed by atoms with Gasteiger partial charge < -0.3 is 19.5 Å². The number of methoxy groups -OCH3 is 1. The van der Waals surface area contributed by atoms with E-state index in [0.29, 0.717) is 24.7 Å². The summed E-state index contributed by atoms with van der Waals surface area (Å²) in [5.74, 6) is -2.46. The first-order valence-electron chi connectivity index (χ1n) is 11.5. The van der Waals surface area contributed by atoms with Crippen molar-refractivity contribution >= 4 is 17.6 Å². The van der Waals surface area contributed by atoms with E-state index in [4.69, 9.17) is 14.6 Å². The molecule has 3 aliphatic heterocycles. The predicted octanol–water partition coefficient (Wildman–Crippen LogP) is 1.89. The van der Waals surface area contributed by atoms with Crippen molar-refractivity contribution in [3.05, 3.63) is 63.1 Å². The molecule has 1 spiro atoms. The molecule has 4 heterocycles. The highest BCUT2D eigenvalue weighted by molar-refractivity contribution is 5.99. The van der Waals surface area contributed by atoms with Crippen LogP contribution in [0.5, 0.6) is 5.75 Å². The third kappa shape index (κ3) is 3.72. The fourth-order valence-electron chi connectivity index (χ4n) is 5.06. The minimum absolute atomic E-state index is 0.0105. The number of hydrogen-bond donors (Lipinski definition) is 2. The minimum Gasteiger partial charge on any atom is -0.491 e. The van der Waals surface area contributed by atoms with Crippen LogP contribution in [0.25, 0.3) is 0 Å². The number of aliphatic imine (C=N–C) groups is 1. The van der Waals surface area contributed by atoms with Gasteiger partial charge in [-0.15, -0.1) is 0 Å². The van der Waals surface area contributed by atoms with Crippen LogP contribution in [0.3, 0.4) is 0 Å². The van der Waals surface area contributed by atoms with Crippen LogP contribution in [0.15, 0.2) is 34.2 Å². The summed E-state index contributed by atoms with van der Waals surface area (Å²) in [6.07, 6.45) is 2.41. The van der Waals surface area contributed by atoms with Gasteiger partial charge in [-0.3, -0.25) is 19.9 Å². The maximum absolute atomic E-state index is 14.0. The van der Waals surface area contributed by atoms with Gasteiger partial charge in [0.2, 0.25) is 11.2 Å². The van der Waals surface area contributed by atoms with E-state index in [1.807, 2.05) is 6.92 Å². The number of rotatable bonds is 4. The summed E-state index contributed by atoms with van der Waals surface area (Å²) >= 11 is 0. The van der Waals surface area contributed by atoms with E-state index in [1.165, 1.54) is 23.9 Å². The van der Waals surface area contributed by atoms with Crippen molar-refractivity contribution in [1.29, 1.82) is 0 Å². The van der Waals surface area contributed by atoms with E-state index >= 15 is 0 Å². The monoisotopic (exact) mass is 501 g/mol. The van der Waals surface area contributed by atoms with E-state index in [2.05, 4.69) is 10.8 Å². The highest BCUT2D eigenvalue weighted by Gasteiger charge is 2.53. The van der Waals surface area contributed by atoms with Gasteiger partial charge in [0, 0.05) is 43.4 Å². The molecule has 0 aliphatic carbocycles. The Morgan fingerprint density at radius 1 is 1.36 bits per heavy atom. The number of nitrogens with zero attached hydrogens (tertiary/aromatic N) is 3. The number of hydroxylamine groups is 1. The molecular weight excluding hydrogens is 476 g/mol. The molecule has 10 nitrogen and oxygen atoms in total. The average Bonchev–Trinajstić information content (AvgIpc) is 3.17. The smallest absolute Gasteiger partial charge is 0.274 e. The number of carbonyl (C=O) groups is 2. The van der Waals surface area contributed by atoms with Gasteiger partial charge >= 0.3 is 0 Å². The SMILES string of the molecule is COc1c2n(cc(C(=O)NCc3ccc(F)cc3F)c1=O)C1CN(C2=O)C(C)CCC12N=C(C)NO2. The number of benzene rings is 1. The van der Waals surface area contributed by atoms with Crippen molar-refractivity contribution in [2.75, 3.05) is 13.7 Å². The van der Waals surface area contributed by atoms with E-state index < -0.39 is 40.6 Å². The first kappa shape index (κ1) is 23.9. The van der Waals surface area contributed by atoms with E-state index in [9.17, 15) is 23.2 Å². The maximum atomic E-state index is 14.0.